The molecule has 2 aromatic rings. The van der Waals surface area contributed by atoms with Crippen LogP contribution in [0.1, 0.15) is 28.1 Å². The molecule has 1 saturated heterocycles. The van der Waals surface area contributed by atoms with E-state index >= 15 is 0 Å². The molecule has 0 aliphatic carbocycles. The highest BCUT2D eigenvalue weighted by Crippen LogP contribution is 2.26. The van der Waals surface area contributed by atoms with Crippen molar-refractivity contribution in [3.8, 4) is 0 Å². The molecule has 1 fully saturated rings. The lowest BCUT2D eigenvalue weighted by Gasteiger charge is -2.32. The molecule has 1 aliphatic rings. The molecular weight excluding hydrogens is 378 g/mol. The molecule has 23 heavy (non-hydrogen) atoms. The van der Waals surface area contributed by atoms with Crippen molar-refractivity contribution in [3.63, 3.8) is 0 Å². The van der Waals surface area contributed by atoms with E-state index in [2.05, 4.69) is 20.9 Å². The lowest BCUT2D eigenvalue weighted by Crippen LogP contribution is -2.39. The molecule has 0 radical (unpaired) electrons. The Morgan fingerprint density at radius 2 is 2.13 bits per heavy atom. The van der Waals surface area contributed by atoms with Gasteiger partial charge in [-0.3, -0.25) is 14.2 Å². The summed E-state index contributed by atoms with van der Waals surface area (Å²) < 4.78 is 2.66. The first-order chi connectivity index (χ1) is 11.0. The van der Waals surface area contributed by atoms with Crippen molar-refractivity contribution in [2.45, 2.75) is 26.3 Å². The minimum Gasteiger partial charge on any atom is -0.338 e. The Balaban J connectivity index is 1.59. The van der Waals surface area contributed by atoms with Crippen molar-refractivity contribution in [3.05, 3.63) is 49.2 Å². The van der Waals surface area contributed by atoms with E-state index in [1.165, 1.54) is 11.3 Å². The highest BCUT2D eigenvalue weighted by Gasteiger charge is 2.25. The van der Waals surface area contributed by atoms with E-state index in [0.29, 0.717) is 18.0 Å². The highest BCUT2D eigenvalue weighted by molar-refractivity contribution is 9.11. The van der Waals surface area contributed by atoms with E-state index in [1.807, 2.05) is 17.0 Å². The molecule has 0 bridgehead atoms. The fourth-order valence-corrected chi connectivity index (χ4v) is 4.23. The zero-order valence-corrected chi connectivity index (χ0v) is 15.3. The number of piperidine rings is 1. The van der Waals surface area contributed by atoms with Gasteiger partial charge in [0.15, 0.2) is 0 Å². The average molecular weight is 396 g/mol. The van der Waals surface area contributed by atoms with Crippen LogP contribution in [-0.2, 0) is 6.54 Å². The van der Waals surface area contributed by atoms with Crippen molar-refractivity contribution in [1.82, 2.24) is 14.5 Å². The molecule has 0 spiro atoms. The lowest BCUT2D eigenvalue weighted by atomic mass is 9.96. The van der Waals surface area contributed by atoms with Gasteiger partial charge in [0.2, 0.25) is 0 Å². The Morgan fingerprint density at radius 3 is 2.78 bits per heavy atom. The van der Waals surface area contributed by atoms with E-state index < -0.39 is 0 Å². The second kappa shape index (κ2) is 6.97. The first kappa shape index (κ1) is 16.4. The van der Waals surface area contributed by atoms with Crippen LogP contribution in [-0.4, -0.2) is 33.4 Å². The smallest absolute Gasteiger partial charge is 0.263 e. The second-order valence-corrected chi connectivity index (χ2v) is 8.34. The minimum absolute atomic E-state index is 0.0296. The average Bonchev–Trinajstić information content (AvgIpc) is 2.98. The van der Waals surface area contributed by atoms with Crippen molar-refractivity contribution in [1.29, 1.82) is 0 Å². The van der Waals surface area contributed by atoms with Crippen LogP contribution in [0.15, 0.2) is 33.2 Å². The third-order valence-corrected chi connectivity index (χ3v) is 5.82. The van der Waals surface area contributed by atoms with Crippen molar-refractivity contribution in [2.75, 3.05) is 13.1 Å². The van der Waals surface area contributed by atoms with E-state index in [-0.39, 0.29) is 11.5 Å². The Hall–Kier alpha value is -1.47. The van der Waals surface area contributed by atoms with Crippen LogP contribution in [0, 0.1) is 12.8 Å². The number of rotatable bonds is 3. The number of aryl methyl sites for hydroxylation is 1. The Bertz CT molecular complexity index is 763. The number of carbonyl (C=O) groups excluding carboxylic acids is 1. The molecule has 1 aliphatic heterocycles. The van der Waals surface area contributed by atoms with Crippen LogP contribution in [0.4, 0.5) is 0 Å². The van der Waals surface area contributed by atoms with Gasteiger partial charge in [-0.05, 0) is 53.7 Å². The summed E-state index contributed by atoms with van der Waals surface area (Å²) in [4.78, 5) is 31.3. The maximum absolute atomic E-state index is 12.4. The van der Waals surface area contributed by atoms with Gasteiger partial charge in [-0.1, -0.05) is 0 Å². The molecule has 3 rings (SSSR count). The monoisotopic (exact) mass is 395 g/mol. The Labute approximate surface area is 147 Å². The first-order valence-corrected chi connectivity index (χ1v) is 9.21. The molecule has 0 unspecified atom stereocenters. The zero-order chi connectivity index (χ0) is 16.4. The fourth-order valence-electron chi connectivity index (χ4n) is 2.87. The third kappa shape index (κ3) is 3.72. The van der Waals surface area contributed by atoms with Gasteiger partial charge in [0, 0.05) is 31.4 Å². The molecule has 2 aromatic heterocycles. The number of hydrogen-bond acceptors (Lipinski definition) is 4. The summed E-state index contributed by atoms with van der Waals surface area (Å²) in [5, 5.41) is 0. The summed E-state index contributed by atoms with van der Waals surface area (Å²) in [6.07, 6.45) is 5.03. The number of halogens is 1. The molecule has 5 nitrogen and oxygen atoms in total. The molecule has 0 aromatic carbocycles. The number of amides is 1. The minimum atomic E-state index is 0.0296. The highest BCUT2D eigenvalue weighted by atomic mass is 79.9. The number of hydrogen-bond donors (Lipinski definition) is 0. The van der Waals surface area contributed by atoms with Gasteiger partial charge in [0.05, 0.1) is 15.0 Å². The van der Waals surface area contributed by atoms with E-state index in [0.717, 1.165) is 34.6 Å². The van der Waals surface area contributed by atoms with Crippen molar-refractivity contribution < 1.29 is 4.79 Å². The third-order valence-electron chi connectivity index (χ3n) is 4.21. The molecule has 122 valence electrons. The molecule has 0 saturated carbocycles. The topological polar surface area (TPSA) is 55.2 Å². The van der Waals surface area contributed by atoms with Crippen molar-refractivity contribution in [2.24, 2.45) is 5.92 Å². The largest absolute Gasteiger partial charge is 0.338 e. The number of nitrogens with zero attached hydrogens (tertiary/aromatic N) is 3. The van der Waals surface area contributed by atoms with Gasteiger partial charge in [-0.15, -0.1) is 11.3 Å². The summed E-state index contributed by atoms with van der Waals surface area (Å²) in [5.74, 6) is 0.518. The SMILES string of the molecule is Cc1cncn(CC2CCN(C(=O)c3ccc(Br)s3)CC2)c1=O. The molecular formula is C16H18BrN3O2S. The normalized spacial score (nSPS) is 15.8. The maximum Gasteiger partial charge on any atom is 0.263 e. The molecule has 0 N–H and O–H groups in total. The quantitative estimate of drug-likeness (QED) is 0.802. The van der Waals surface area contributed by atoms with Crippen LogP contribution in [0.5, 0.6) is 0 Å². The molecule has 0 atom stereocenters. The van der Waals surface area contributed by atoms with Gasteiger partial charge >= 0.3 is 0 Å². The summed E-state index contributed by atoms with van der Waals surface area (Å²) in [7, 11) is 0. The molecule has 7 heteroatoms. The lowest BCUT2D eigenvalue weighted by molar-refractivity contribution is 0.0687. The molecule has 1 amide bonds. The summed E-state index contributed by atoms with van der Waals surface area (Å²) in [5.41, 5.74) is 0.699. The number of thiophene rings is 1. The van der Waals surface area contributed by atoms with Gasteiger partial charge in [0.1, 0.15) is 0 Å². The van der Waals surface area contributed by atoms with Crippen LogP contribution >= 0.6 is 27.3 Å². The van der Waals surface area contributed by atoms with Gasteiger partial charge < -0.3 is 4.90 Å². The standard InChI is InChI=1S/C16H18BrN3O2S/c1-11-8-18-10-20(15(11)21)9-12-4-6-19(7-5-12)16(22)13-2-3-14(17)23-13/h2-3,8,10,12H,4-7,9H2,1H3. The summed E-state index contributed by atoms with van der Waals surface area (Å²) >= 11 is 4.86. The van der Waals surface area contributed by atoms with Crippen LogP contribution in [0.2, 0.25) is 0 Å². The summed E-state index contributed by atoms with van der Waals surface area (Å²) in [6, 6.07) is 3.77. The van der Waals surface area contributed by atoms with E-state index in [4.69, 9.17) is 0 Å². The van der Waals surface area contributed by atoms with E-state index in [1.54, 1.807) is 24.0 Å². The predicted molar refractivity (Wildman–Crippen MR) is 93.9 cm³/mol. The number of likely N-dealkylation sites (tertiary alicyclic amines) is 1. The van der Waals surface area contributed by atoms with Gasteiger partial charge in [-0.2, -0.15) is 0 Å². The maximum atomic E-state index is 12.4. The van der Waals surface area contributed by atoms with Crippen LogP contribution in [0.25, 0.3) is 0 Å². The number of aromatic nitrogens is 2. The van der Waals surface area contributed by atoms with E-state index in [9.17, 15) is 9.59 Å². The van der Waals surface area contributed by atoms with Crippen LogP contribution in [0.3, 0.4) is 0 Å². The van der Waals surface area contributed by atoms with Crippen LogP contribution < -0.4 is 5.56 Å². The van der Waals surface area contributed by atoms with Gasteiger partial charge in [0.25, 0.3) is 11.5 Å². The predicted octanol–water partition coefficient (Wildman–Crippen LogP) is 2.93. The van der Waals surface area contributed by atoms with Crippen molar-refractivity contribution >= 4 is 33.2 Å². The Kier molecular flexibility index (Phi) is 4.96. The van der Waals surface area contributed by atoms with Gasteiger partial charge in [-0.25, -0.2) is 4.98 Å². The molecule has 3 heterocycles. The first-order valence-electron chi connectivity index (χ1n) is 7.60. The zero-order valence-electron chi connectivity index (χ0n) is 12.9. The Morgan fingerprint density at radius 1 is 1.39 bits per heavy atom. The second-order valence-electron chi connectivity index (χ2n) is 5.87. The number of carbonyl (C=O) groups is 1. The fraction of sp³-hybridized carbons (Fsp3) is 0.438. The summed E-state index contributed by atoms with van der Waals surface area (Å²) in [6.45, 7) is 3.95.